The van der Waals surface area contributed by atoms with Crippen LogP contribution in [0.2, 0.25) is 0 Å². The normalized spacial score (nSPS) is 10.1. The highest BCUT2D eigenvalue weighted by Crippen LogP contribution is 1.96. The van der Waals surface area contributed by atoms with Gasteiger partial charge in [0.2, 0.25) is 0 Å². The van der Waals surface area contributed by atoms with E-state index < -0.39 is 0 Å². The molecule has 4 heteroatoms. The number of nitrogens with zero attached hydrogens (tertiary/aromatic N) is 3. The van der Waals surface area contributed by atoms with Crippen LogP contribution in [-0.4, -0.2) is 26.8 Å². The summed E-state index contributed by atoms with van der Waals surface area (Å²) in [5.74, 6) is 1.19. The van der Waals surface area contributed by atoms with Gasteiger partial charge in [0.05, 0.1) is 0 Å². The molecule has 10 heavy (non-hydrogen) atoms. The van der Waals surface area contributed by atoms with E-state index in [0.717, 1.165) is 6.54 Å². The lowest BCUT2D eigenvalue weighted by Crippen LogP contribution is -1.98. The monoisotopic (exact) mass is 157 g/mol. The number of aromatic nitrogens is 3. The molecule has 0 aromatic carbocycles. The first-order valence-electron chi connectivity index (χ1n) is 3.25. The second kappa shape index (κ2) is 4.33. The van der Waals surface area contributed by atoms with Gasteiger partial charge in [-0.15, -0.1) is 0 Å². The molecule has 0 spiro atoms. The molecular weight excluding hydrogens is 146 g/mol. The molecule has 1 rings (SSSR count). The van der Waals surface area contributed by atoms with Gasteiger partial charge >= 0.3 is 0 Å². The maximum atomic E-state index is 3.98. The van der Waals surface area contributed by atoms with Crippen LogP contribution < -0.4 is 0 Å². The van der Waals surface area contributed by atoms with Gasteiger partial charge < -0.3 is 0 Å². The van der Waals surface area contributed by atoms with Gasteiger partial charge in [0.1, 0.15) is 12.7 Å². The van der Waals surface area contributed by atoms with Crippen LogP contribution in [0, 0.1) is 0 Å². The van der Waals surface area contributed by atoms with Crippen molar-refractivity contribution >= 4 is 11.8 Å². The van der Waals surface area contributed by atoms with Crippen molar-refractivity contribution in [2.24, 2.45) is 0 Å². The Morgan fingerprint density at radius 1 is 1.60 bits per heavy atom. The summed E-state index contributed by atoms with van der Waals surface area (Å²) in [4.78, 5) is 3.85. The minimum atomic E-state index is 0.987. The molecule has 1 aromatic heterocycles. The van der Waals surface area contributed by atoms with Crippen molar-refractivity contribution in [3.8, 4) is 0 Å². The molecule has 0 saturated carbocycles. The van der Waals surface area contributed by atoms with E-state index >= 15 is 0 Å². The molecule has 0 saturated heterocycles. The lowest BCUT2D eigenvalue weighted by molar-refractivity contribution is 0.605. The molecular formula is C6H11N3S. The van der Waals surface area contributed by atoms with Crippen LogP contribution in [-0.2, 0) is 6.54 Å². The van der Waals surface area contributed by atoms with Crippen molar-refractivity contribution in [2.75, 3.05) is 12.0 Å². The third-order valence-corrected chi connectivity index (χ3v) is 1.90. The van der Waals surface area contributed by atoms with Crippen molar-refractivity contribution in [1.82, 2.24) is 14.8 Å². The number of aryl methyl sites for hydroxylation is 1. The SMILES string of the molecule is CSCCCn1cncn1. The minimum Gasteiger partial charge on any atom is -0.253 e. The summed E-state index contributed by atoms with van der Waals surface area (Å²) in [6, 6.07) is 0. The zero-order valence-corrected chi connectivity index (χ0v) is 6.84. The Balaban J connectivity index is 2.15. The first-order valence-corrected chi connectivity index (χ1v) is 4.64. The van der Waals surface area contributed by atoms with E-state index in [9.17, 15) is 0 Å². The fourth-order valence-electron chi connectivity index (χ4n) is 0.719. The number of thioether (sulfide) groups is 1. The van der Waals surface area contributed by atoms with Crippen molar-refractivity contribution in [3.05, 3.63) is 12.7 Å². The molecule has 1 heterocycles. The summed E-state index contributed by atoms with van der Waals surface area (Å²) in [6.45, 7) is 0.987. The summed E-state index contributed by atoms with van der Waals surface area (Å²) in [5.41, 5.74) is 0. The quantitative estimate of drug-likeness (QED) is 0.612. The summed E-state index contributed by atoms with van der Waals surface area (Å²) in [5, 5.41) is 3.98. The Morgan fingerprint density at radius 3 is 3.10 bits per heavy atom. The largest absolute Gasteiger partial charge is 0.253 e. The minimum absolute atomic E-state index is 0.987. The van der Waals surface area contributed by atoms with Gasteiger partial charge in [-0.1, -0.05) is 0 Å². The van der Waals surface area contributed by atoms with Crippen molar-refractivity contribution in [2.45, 2.75) is 13.0 Å². The summed E-state index contributed by atoms with van der Waals surface area (Å²) in [6.07, 6.45) is 6.60. The first kappa shape index (κ1) is 7.60. The molecule has 0 amide bonds. The Kier molecular flexibility index (Phi) is 3.29. The van der Waals surface area contributed by atoms with Crippen LogP contribution in [0.25, 0.3) is 0 Å². The zero-order chi connectivity index (χ0) is 7.23. The second-order valence-corrected chi connectivity index (χ2v) is 2.99. The number of hydrogen-bond acceptors (Lipinski definition) is 3. The maximum absolute atomic E-state index is 3.98. The molecule has 1 aromatic rings. The van der Waals surface area contributed by atoms with Gasteiger partial charge in [-0.05, 0) is 18.4 Å². The molecule has 0 atom stereocenters. The first-order chi connectivity index (χ1) is 4.93. The molecule has 0 radical (unpaired) electrons. The molecule has 3 nitrogen and oxygen atoms in total. The highest BCUT2D eigenvalue weighted by Gasteiger charge is 1.88. The van der Waals surface area contributed by atoms with E-state index in [4.69, 9.17) is 0 Å². The average molecular weight is 157 g/mol. The third kappa shape index (κ3) is 2.39. The predicted octanol–water partition coefficient (Wildman–Crippen LogP) is 1.03. The van der Waals surface area contributed by atoms with Crippen LogP contribution >= 0.6 is 11.8 Å². The molecule has 0 aliphatic heterocycles. The fraction of sp³-hybridized carbons (Fsp3) is 0.667. The van der Waals surface area contributed by atoms with Gasteiger partial charge in [-0.25, -0.2) is 4.98 Å². The molecule has 0 aliphatic rings. The summed E-state index contributed by atoms with van der Waals surface area (Å²) >= 11 is 1.86. The number of hydrogen-bond donors (Lipinski definition) is 0. The van der Waals surface area contributed by atoms with Crippen molar-refractivity contribution < 1.29 is 0 Å². The fourth-order valence-corrected chi connectivity index (χ4v) is 1.14. The second-order valence-electron chi connectivity index (χ2n) is 2.00. The van der Waals surface area contributed by atoms with Gasteiger partial charge in [0.15, 0.2) is 0 Å². The molecule has 0 aliphatic carbocycles. The van der Waals surface area contributed by atoms with E-state index in [1.165, 1.54) is 12.2 Å². The van der Waals surface area contributed by atoms with E-state index in [1.807, 2.05) is 16.4 Å². The van der Waals surface area contributed by atoms with Crippen molar-refractivity contribution in [1.29, 1.82) is 0 Å². The highest BCUT2D eigenvalue weighted by atomic mass is 32.2. The molecule has 0 unspecified atom stereocenters. The highest BCUT2D eigenvalue weighted by molar-refractivity contribution is 7.98. The maximum Gasteiger partial charge on any atom is 0.137 e. The summed E-state index contributed by atoms with van der Waals surface area (Å²) < 4.78 is 1.86. The lowest BCUT2D eigenvalue weighted by atomic mass is 10.5. The Morgan fingerprint density at radius 2 is 2.50 bits per heavy atom. The summed E-state index contributed by atoms with van der Waals surface area (Å²) in [7, 11) is 0. The zero-order valence-electron chi connectivity index (χ0n) is 6.03. The average Bonchev–Trinajstić information content (AvgIpc) is 2.41. The van der Waals surface area contributed by atoms with Crippen LogP contribution in [0.5, 0.6) is 0 Å². The van der Waals surface area contributed by atoms with E-state index in [2.05, 4.69) is 16.3 Å². The molecule has 56 valence electrons. The standard InChI is InChI=1S/C6H11N3S/c1-10-4-2-3-9-6-7-5-8-9/h5-6H,2-4H2,1H3. The topological polar surface area (TPSA) is 30.7 Å². The van der Waals surface area contributed by atoms with Crippen LogP contribution in [0.3, 0.4) is 0 Å². The van der Waals surface area contributed by atoms with Gasteiger partial charge in [-0.3, -0.25) is 4.68 Å². The van der Waals surface area contributed by atoms with Gasteiger partial charge in [0.25, 0.3) is 0 Å². The smallest absolute Gasteiger partial charge is 0.137 e. The van der Waals surface area contributed by atoms with E-state index in [-0.39, 0.29) is 0 Å². The van der Waals surface area contributed by atoms with Crippen LogP contribution in [0.4, 0.5) is 0 Å². The number of rotatable bonds is 4. The Bertz CT molecular complexity index is 162. The molecule has 0 bridgehead atoms. The Labute approximate surface area is 64.8 Å². The Hall–Kier alpha value is -0.510. The predicted molar refractivity (Wildman–Crippen MR) is 43.0 cm³/mol. The van der Waals surface area contributed by atoms with Crippen molar-refractivity contribution in [3.63, 3.8) is 0 Å². The molecule has 0 fully saturated rings. The molecule has 0 N–H and O–H groups in total. The van der Waals surface area contributed by atoms with Crippen LogP contribution in [0.15, 0.2) is 12.7 Å². The van der Waals surface area contributed by atoms with Crippen LogP contribution in [0.1, 0.15) is 6.42 Å². The van der Waals surface area contributed by atoms with Gasteiger partial charge in [-0.2, -0.15) is 16.9 Å². The van der Waals surface area contributed by atoms with E-state index in [1.54, 1.807) is 12.7 Å². The van der Waals surface area contributed by atoms with E-state index in [0.29, 0.717) is 0 Å². The van der Waals surface area contributed by atoms with Gasteiger partial charge in [0, 0.05) is 6.54 Å². The lowest BCUT2D eigenvalue weighted by Gasteiger charge is -1.96. The third-order valence-electron chi connectivity index (χ3n) is 1.20.